The first-order valence-corrected chi connectivity index (χ1v) is 8.56. The Morgan fingerprint density at radius 1 is 1.12 bits per heavy atom. The second kappa shape index (κ2) is 12.6. The van der Waals surface area contributed by atoms with Gasteiger partial charge in [-0.2, -0.15) is 0 Å². The molecule has 0 aliphatic heterocycles. The molecule has 0 saturated heterocycles. The number of halogens is 1. The topological polar surface area (TPSA) is 70.0 Å². The van der Waals surface area contributed by atoms with Crippen LogP contribution in [0.5, 0.6) is 0 Å². The molecule has 0 bridgehead atoms. The summed E-state index contributed by atoms with van der Waals surface area (Å²) in [7, 11) is 0. The number of ether oxygens (including phenoxy) is 1. The second-order valence-electron chi connectivity index (χ2n) is 7.70. The summed E-state index contributed by atoms with van der Waals surface area (Å²) >= 11 is 5.54. The number of terminal acetylenes is 1. The highest BCUT2D eigenvalue weighted by molar-refractivity contribution is 6.30. The highest BCUT2D eigenvalue weighted by Gasteiger charge is 2.27. The van der Waals surface area contributed by atoms with Gasteiger partial charge in [0.1, 0.15) is 5.60 Å². The van der Waals surface area contributed by atoms with Gasteiger partial charge in [-0.05, 0) is 38.3 Å². The Morgan fingerprint density at radius 2 is 1.58 bits per heavy atom. The zero-order chi connectivity index (χ0) is 21.0. The molecule has 26 heavy (non-hydrogen) atoms. The van der Waals surface area contributed by atoms with Gasteiger partial charge < -0.3 is 19.8 Å². The van der Waals surface area contributed by atoms with Gasteiger partial charge in [0, 0.05) is 11.6 Å². The maximum absolute atomic E-state index is 11.9. The van der Waals surface area contributed by atoms with Crippen LogP contribution < -0.4 is 0 Å². The number of carbonyl (C=O) groups is 1. The summed E-state index contributed by atoms with van der Waals surface area (Å²) in [4.78, 5) is 13.2. The number of aliphatic hydroxyl groups excluding tert-OH is 1. The van der Waals surface area contributed by atoms with E-state index in [1.165, 1.54) is 4.90 Å². The predicted octanol–water partition coefficient (Wildman–Crippen LogP) is 4.17. The third-order valence-electron chi connectivity index (χ3n) is 2.43. The number of benzene rings is 1. The zero-order valence-corrected chi connectivity index (χ0v) is 17.3. The lowest BCUT2D eigenvalue weighted by molar-refractivity contribution is -0.0687. The average molecular weight is 386 g/mol. The Hall–Kier alpha value is -1.74. The molecule has 1 aromatic rings. The molecular weight excluding hydrogens is 354 g/mol. The van der Waals surface area contributed by atoms with Crippen LogP contribution in [-0.2, 0) is 4.74 Å². The van der Waals surface area contributed by atoms with E-state index in [9.17, 15) is 4.79 Å². The van der Waals surface area contributed by atoms with E-state index in [1.54, 1.807) is 20.8 Å². The lowest BCUT2D eigenvalue weighted by Crippen LogP contribution is -2.44. The zero-order valence-electron chi connectivity index (χ0n) is 16.6. The number of carbonyl (C=O) groups excluding carboxylic acids is 1. The predicted molar refractivity (Wildman–Crippen MR) is 107 cm³/mol. The molecule has 0 spiro atoms. The molecule has 0 unspecified atom stereocenters. The highest BCUT2D eigenvalue weighted by atomic mass is 35.5. The third kappa shape index (κ3) is 17.1. The number of amides is 1. The minimum Gasteiger partial charge on any atom is -0.444 e. The summed E-state index contributed by atoms with van der Waals surface area (Å²) in [6.07, 6.45) is 5.92. The summed E-state index contributed by atoms with van der Waals surface area (Å²) in [6, 6.07) is 9.44. The molecule has 0 aliphatic rings. The maximum atomic E-state index is 11.9. The van der Waals surface area contributed by atoms with Crippen LogP contribution in [0.2, 0.25) is 5.02 Å². The number of nitrogens with zero attached hydrogens (tertiary/aromatic N) is 1. The number of hydrogen-bond acceptors (Lipinski definition) is 4. The number of rotatable bonds is 3. The molecule has 148 valence electrons. The molecule has 0 heterocycles. The van der Waals surface area contributed by atoms with Crippen LogP contribution in [0.4, 0.5) is 4.79 Å². The lowest BCUT2D eigenvalue weighted by atomic mass is 9.96. The Morgan fingerprint density at radius 3 is 1.85 bits per heavy atom. The van der Waals surface area contributed by atoms with Gasteiger partial charge in [-0.25, -0.2) is 4.79 Å². The van der Waals surface area contributed by atoms with E-state index in [2.05, 4.69) is 12.8 Å². The summed E-state index contributed by atoms with van der Waals surface area (Å²) < 4.78 is 5.21. The van der Waals surface area contributed by atoms with Crippen molar-refractivity contribution in [3.8, 4) is 12.8 Å². The van der Waals surface area contributed by atoms with E-state index in [0.29, 0.717) is 6.54 Å². The van der Waals surface area contributed by atoms with E-state index in [1.807, 2.05) is 51.1 Å². The van der Waals surface area contributed by atoms with E-state index < -0.39 is 18.0 Å². The standard InChI is InChI=1S/C12H25NO4.C6H5Cl.C2H2/c1-11(2,3)8-13(7-9(14)15)10(16)17-12(4,5)6;7-6-4-2-1-3-5-6;1-2/h9,14-15H,7-8H2,1-6H3;1-5H;1-2H. The Balaban J connectivity index is 0. The first kappa shape index (κ1) is 26.5. The van der Waals surface area contributed by atoms with Gasteiger partial charge in [0.15, 0.2) is 6.29 Å². The molecule has 0 radical (unpaired) electrons. The minimum absolute atomic E-state index is 0.133. The Bertz CT molecular complexity index is 516. The summed E-state index contributed by atoms with van der Waals surface area (Å²) in [5.74, 6) is 0. The van der Waals surface area contributed by atoms with Crippen LogP contribution in [0.1, 0.15) is 41.5 Å². The fourth-order valence-electron chi connectivity index (χ4n) is 1.71. The molecule has 0 fully saturated rings. The van der Waals surface area contributed by atoms with Gasteiger partial charge in [-0.3, -0.25) is 0 Å². The molecule has 1 amide bonds. The van der Waals surface area contributed by atoms with Crippen molar-refractivity contribution < 1.29 is 19.7 Å². The normalized spacial score (nSPS) is 10.8. The van der Waals surface area contributed by atoms with Crippen molar-refractivity contribution in [1.82, 2.24) is 4.90 Å². The molecule has 0 atom stereocenters. The van der Waals surface area contributed by atoms with Crippen molar-refractivity contribution in [2.45, 2.75) is 53.4 Å². The monoisotopic (exact) mass is 385 g/mol. The summed E-state index contributed by atoms with van der Waals surface area (Å²) in [6.45, 7) is 11.5. The first-order valence-electron chi connectivity index (χ1n) is 8.18. The number of aliphatic hydroxyl groups is 2. The van der Waals surface area contributed by atoms with Crippen molar-refractivity contribution in [2.75, 3.05) is 13.1 Å². The molecule has 0 saturated carbocycles. The molecule has 0 aliphatic carbocycles. The van der Waals surface area contributed by atoms with Crippen LogP contribution in [0, 0.1) is 18.3 Å². The molecule has 5 nitrogen and oxygen atoms in total. The number of hydrogen-bond donors (Lipinski definition) is 2. The SMILES string of the molecule is C#C.CC(C)(C)CN(CC(O)O)C(=O)OC(C)(C)C.Clc1ccccc1. The van der Waals surface area contributed by atoms with Crippen LogP contribution in [0.3, 0.4) is 0 Å². The van der Waals surface area contributed by atoms with Gasteiger partial charge in [0.05, 0.1) is 6.54 Å². The van der Waals surface area contributed by atoms with Crippen molar-refractivity contribution >= 4 is 17.7 Å². The van der Waals surface area contributed by atoms with Crippen LogP contribution in [0.15, 0.2) is 30.3 Å². The van der Waals surface area contributed by atoms with Crippen molar-refractivity contribution in [2.24, 2.45) is 5.41 Å². The first-order chi connectivity index (χ1) is 11.8. The molecular formula is C20H32ClNO4. The Labute approximate surface area is 162 Å². The second-order valence-corrected chi connectivity index (χ2v) is 8.13. The van der Waals surface area contributed by atoms with Gasteiger partial charge >= 0.3 is 6.09 Å². The third-order valence-corrected chi connectivity index (χ3v) is 2.69. The van der Waals surface area contributed by atoms with Gasteiger partial charge in [-0.15, -0.1) is 12.8 Å². The molecule has 6 heteroatoms. The average Bonchev–Trinajstić information content (AvgIpc) is 2.46. The molecule has 1 aromatic carbocycles. The van der Waals surface area contributed by atoms with Crippen molar-refractivity contribution in [3.63, 3.8) is 0 Å². The van der Waals surface area contributed by atoms with Crippen molar-refractivity contribution in [1.29, 1.82) is 0 Å². The molecule has 0 aromatic heterocycles. The van der Waals surface area contributed by atoms with Gasteiger partial charge in [0.2, 0.25) is 0 Å². The summed E-state index contributed by atoms with van der Waals surface area (Å²) in [5.41, 5.74) is -0.723. The van der Waals surface area contributed by atoms with Crippen LogP contribution >= 0.6 is 11.6 Å². The fourth-order valence-corrected chi connectivity index (χ4v) is 1.86. The summed E-state index contributed by atoms with van der Waals surface area (Å²) in [5, 5.41) is 18.7. The van der Waals surface area contributed by atoms with E-state index in [4.69, 9.17) is 26.6 Å². The van der Waals surface area contributed by atoms with Crippen molar-refractivity contribution in [3.05, 3.63) is 35.4 Å². The smallest absolute Gasteiger partial charge is 0.410 e. The Kier molecular flexibility index (Phi) is 12.8. The fraction of sp³-hybridized carbons (Fsp3) is 0.550. The largest absolute Gasteiger partial charge is 0.444 e. The highest BCUT2D eigenvalue weighted by Crippen LogP contribution is 2.18. The lowest BCUT2D eigenvalue weighted by Gasteiger charge is -2.32. The van der Waals surface area contributed by atoms with Crippen LogP contribution in [-0.4, -0.2) is 46.2 Å². The molecule has 2 N–H and O–H groups in total. The minimum atomic E-state index is -1.55. The van der Waals surface area contributed by atoms with E-state index >= 15 is 0 Å². The van der Waals surface area contributed by atoms with E-state index in [0.717, 1.165) is 5.02 Å². The van der Waals surface area contributed by atoms with Gasteiger partial charge in [0.25, 0.3) is 0 Å². The van der Waals surface area contributed by atoms with Crippen LogP contribution in [0.25, 0.3) is 0 Å². The molecule has 1 rings (SSSR count). The van der Waals surface area contributed by atoms with E-state index in [-0.39, 0.29) is 12.0 Å². The van der Waals surface area contributed by atoms with Gasteiger partial charge in [-0.1, -0.05) is 50.6 Å². The maximum Gasteiger partial charge on any atom is 0.410 e. The quantitative estimate of drug-likeness (QED) is 0.605.